The first-order valence-corrected chi connectivity index (χ1v) is 10.1. The van der Waals surface area contributed by atoms with Crippen LogP contribution in [0.15, 0.2) is 42.1 Å². The van der Waals surface area contributed by atoms with Gasteiger partial charge in [0, 0.05) is 18.2 Å². The van der Waals surface area contributed by atoms with Crippen molar-refractivity contribution in [3.05, 3.63) is 41.9 Å². The molecule has 1 aromatic carbocycles. The second-order valence-electron chi connectivity index (χ2n) is 6.39. The van der Waals surface area contributed by atoms with Crippen LogP contribution in [0.4, 0.5) is 0 Å². The summed E-state index contributed by atoms with van der Waals surface area (Å²) in [6.45, 7) is 5.97. The average Bonchev–Trinajstić information content (AvgIpc) is 3.29. The molecule has 26 heavy (non-hydrogen) atoms. The average molecular weight is 391 g/mol. The van der Waals surface area contributed by atoms with Crippen molar-refractivity contribution < 1.29 is 4.79 Å². The Hall–Kier alpha value is -1.79. The molecule has 0 radical (unpaired) electrons. The van der Waals surface area contributed by atoms with Gasteiger partial charge < -0.3 is 5.32 Å². The van der Waals surface area contributed by atoms with Crippen molar-refractivity contribution >= 4 is 29.3 Å². The van der Waals surface area contributed by atoms with Gasteiger partial charge in [-0.25, -0.2) is 0 Å². The normalized spacial score (nSPS) is 15.8. The number of benzene rings is 1. The van der Waals surface area contributed by atoms with Crippen molar-refractivity contribution in [3.63, 3.8) is 0 Å². The minimum Gasteiger partial charge on any atom is -0.352 e. The van der Waals surface area contributed by atoms with E-state index in [-0.39, 0.29) is 11.2 Å². The molecule has 1 aliphatic carbocycles. The Bertz CT molecular complexity index is 786. The Kier molecular flexibility index (Phi) is 6.38. The molecular weight excluding hydrogens is 368 g/mol. The molecule has 0 aliphatic heterocycles. The number of carbonyl (C=O) groups excluding carboxylic acids is 1. The van der Waals surface area contributed by atoms with E-state index in [2.05, 4.69) is 26.7 Å². The van der Waals surface area contributed by atoms with E-state index >= 15 is 0 Å². The Labute approximate surface area is 163 Å². The molecule has 1 amide bonds. The molecule has 1 aliphatic rings. The summed E-state index contributed by atoms with van der Waals surface area (Å²) in [5.41, 5.74) is 0.879. The largest absolute Gasteiger partial charge is 0.352 e. The predicted molar refractivity (Wildman–Crippen MR) is 106 cm³/mol. The number of halogens is 1. The molecule has 3 rings (SSSR count). The number of nitrogens with zero attached hydrogens (tertiary/aromatic N) is 3. The van der Waals surface area contributed by atoms with Crippen molar-refractivity contribution in [2.75, 3.05) is 6.54 Å². The number of amides is 1. The summed E-state index contributed by atoms with van der Waals surface area (Å²) in [5, 5.41) is 12.8. The Morgan fingerprint density at radius 2 is 2.15 bits per heavy atom. The highest BCUT2D eigenvalue weighted by atomic mass is 35.5. The summed E-state index contributed by atoms with van der Waals surface area (Å²) in [4.78, 5) is 12.2. The number of thioether (sulfide) groups is 1. The molecule has 5 nitrogen and oxygen atoms in total. The molecule has 7 heteroatoms. The first-order chi connectivity index (χ1) is 12.6. The van der Waals surface area contributed by atoms with Gasteiger partial charge >= 0.3 is 0 Å². The maximum atomic E-state index is 12.2. The molecule has 1 aromatic heterocycles. The molecule has 1 atom stereocenters. The van der Waals surface area contributed by atoms with Crippen molar-refractivity contribution in [2.24, 2.45) is 0 Å². The van der Waals surface area contributed by atoms with Crippen LogP contribution in [-0.2, 0) is 4.79 Å². The van der Waals surface area contributed by atoms with Crippen molar-refractivity contribution in [3.8, 4) is 11.4 Å². The van der Waals surface area contributed by atoms with E-state index < -0.39 is 0 Å². The van der Waals surface area contributed by atoms with Crippen molar-refractivity contribution in [1.82, 2.24) is 20.1 Å². The monoisotopic (exact) mass is 390 g/mol. The maximum Gasteiger partial charge on any atom is 0.233 e. The lowest BCUT2D eigenvalue weighted by molar-refractivity contribution is -0.120. The van der Waals surface area contributed by atoms with Gasteiger partial charge in [0.1, 0.15) is 0 Å². The third-order valence-corrected chi connectivity index (χ3v) is 5.93. The summed E-state index contributed by atoms with van der Waals surface area (Å²) in [6, 6.07) is 8.04. The lowest BCUT2D eigenvalue weighted by Gasteiger charge is -2.18. The Morgan fingerprint density at radius 1 is 1.42 bits per heavy atom. The molecule has 1 unspecified atom stereocenters. The molecule has 1 saturated carbocycles. The van der Waals surface area contributed by atoms with E-state index in [0.29, 0.717) is 17.6 Å². The standard InChI is InChI=1S/C19H23ClN4OS/c1-3-12-21-18(25)13(2)26-19-23-22-17(15-10-6-7-11-16(15)20)24(19)14-8-4-5-9-14/h3,6-7,10-11,13-14H,1,4-5,8-9,12H2,2H3,(H,21,25). The van der Waals surface area contributed by atoms with Gasteiger partial charge in [0.2, 0.25) is 5.91 Å². The minimum atomic E-state index is -0.265. The van der Waals surface area contributed by atoms with Gasteiger partial charge in [-0.05, 0) is 31.9 Å². The highest BCUT2D eigenvalue weighted by Crippen LogP contribution is 2.38. The molecule has 0 saturated heterocycles. The zero-order chi connectivity index (χ0) is 18.5. The van der Waals surface area contributed by atoms with Crippen LogP contribution in [-0.4, -0.2) is 32.5 Å². The van der Waals surface area contributed by atoms with E-state index in [0.717, 1.165) is 29.4 Å². The summed E-state index contributed by atoms with van der Waals surface area (Å²) in [5.74, 6) is 0.749. The zero-order valence-corrected chi connectivity index (χ0v) is 16.4. The fraction of sp³-hybridized carbons (Fsp3) is 0.421. The number of hydrogen-bond donors (Lipinski definition) is 1. The topological polar surface area (TPSA) is 59.8 Å². The second kappa shape index (κ2) is 8.73. The Balaban J connectivity index is 1.92. The van der Waals surface area contributed by atoms with Crippen LogP contribution in [0.2, 0.25) is 5.02 Å². The van der Waals surface area contributed by atoms with Gasteiger partial charge in [0.15, 0.2) is 11.0 Å². The fourth-order valence-corrected chi connectivity index (χ4v) is 4.37. The smallest absolute Gasteiger partial charge is 0.233 e. The first-order valence-electron chi connectivity index (χ1n) is 8.87. The summed E-state index contributed by atoms with van der Waals surface area (Å²) < 4.78 is 2.18. The summed E-state index contributed by atoms with van der Waals surface area (Å²) in [6.07, 6.45) is 6.26. The summed E-state index contributed by atoms with van der Waals surface area (Å²) >= 11 is 7.84. The van der Waals surface area contributed by atoms with Gasteiger partial charge in [-0.15, -0.1) is 16.8 Å². The fourth-order valence-electron chi connectivity index (χ4n) is 3.20. The van der Waals surface area contributed by atoms with E-state index in [1.807, 2.05) is 31.2 Å². The van der Waals surface area contributed by atoms with Gasteiger partial charge in [-0.1, -0.05) is 54.4 Å². The number of hydrogen-bond acceptors (Lipinski definition) is 4. The highest BCUT2D eigenvalue weighted by Gasteiger charge is 2.27. The van der Waals surface area contributed by atoms with E-state index in [1.54, 1.807) is 6.08 Å². The number of nitrogens with one attached hydrogen (secondary N) is 1. The second-order valence-corrected chi connectivity index (χ2v) is 8.10. The van der Waals surface area contributed by atoms with Gasteiger partial charge in [-0.3, -0.25) is 9.36 Å². The van der Waals surface area contributed by atoms with E-state index in [4.69, 9.17) is 11.6 Å². The van der Waals surface area contributed by atoms with Crippen LogP contribution in [0.3, 0.4) is 0 Å². The molecule has 0 bridgehead atoms. The van der Waals surface area contributed by atoms with Crippen LogP contribution in [0.5, 0.6) is 0 Å². The van der Waals surface area contributed by atoms with Crippen LogP contribution in [0, 0.1) is 0 Å². The van der Waals surface area contributed by atoms with Crippen LogP contribution in [0.25, 0.3) is 11.4 Å². The third-order valence-electron chi connectivity index (χ3n) is 4.54. The zero-order valence-electron chi connectivity index (χ0n) is 14.8. The van der Waals surface area contributed by atoms with E-state index in [9.17, 15) is 4.79 Å². The Morgan fingerprint density at radius 3 is 2.85 bits per heavy atom. The number of rotatable bonds is 7. The van der Waals surface area contributed by atoms with Crippen molar-refractivity contribution in [1.29, 1.82) is 0 Å². The summed E-state index contributed by atoms with van der Waals surface area (Å²) in [7, 11) is 0. The first kappa shape index (κ1) is 19.0. The lowest BCUT2D eigenvalue weighted by Crippen LogP contribution is -2.31. The van der Waals surface area contributed by atoms with Gasteiger partial charge in [0.25, 0.3) is 0 Å². The molecule has 1 fully saturated rings. The van der Waals surface area contributed by atoms with Crippen LogP contribution >= 0.6 is 23.4 Å². The van der Waals surface area contributed by atoms with Crippen LogP contribution < -0.4 is 5.32 Å². The molecule has 1 heterocycles. The van der Waals surface area contributed by atoms with Gasteiger partial charge in [0.05, 0.1) is 10.3 Å². The molecular formula is C19H23ClN4OS. The predicted octanol–water partition coefficient (Wildman–Crippen LogP) is 4.50. The van der Waals surface area contributed by atoms with Gasteiger partial charge in [-0.2, -0.15) is 0 Å². The molecule has 1 N–H and O–H groups in total. The van der Waals surface area contributed by atoms with Crippen LogP contribution in [0.1, 0.15) is 38.6 Å². The SMILES string of the molecule is C=CCNC(=O)C(C)Sc1nnc(-c2ccccc2Cl)n1C1CCCC1. The maximum absolute atomic E-state index is 12.2. The van der Waals surface area contributed by atoms with E-state index in [1.165, 1.54) is 24.6 Å². The quantitative estimate of drug-likeness (QED) is 0.558. The number of aromatic nitrogens is 3. The molecule has 138 valence electrons. The lowest BCUT2D eigenvalue weighted by atomic mass is 10.2. The minimum absolute atomic E-state index is 0.0323. The molecule has 2 aromatic rings. The number of carbonyl (C=O) groups is 1. The third kappa shape index (κ3) is 4.13. The molecule has 0 spiro atoms. The highest BCUT2D eigenvalue weighted by molar-refractivity contribution is 8.00. The van der Waals surface area contributed by atoms with Crippen molar-refractivity contribution in [2.45, 2.75) is 49.1 Å².